The predicted molar refractivity (Wildman–Crippen MR) is 113 cm³/mol. The highest BCUT2D eigenvalue weighted by Gasteiger charge is 2.47. The molecule has 1 aromatic heterocycles. The third-order valence-corrected chi connectivity index (χ3v) is 6.74. The summed E-state index contributed by atoms with van der Waals surface area (Å²) >= 11 is 0. The van der Waals surface area contributed by atoms with E-state index < -0.39 is 88.8 Å². The molecule has 20 nitrogen and oxygen atoms in total. The molecule has 0 amide bonds. The van der Waals surface area contributed by atoms with Crippen molar-refractivity contribution in [2.45, 2.75) is 48.7 Å². The summed E-state index contributed by atoms with van der Waals surface area (Å²) < 4.78 is 48.5. The van der Waals surface area contributed by atoms with Crippen LogP contribution in [0.2, 0.25) is 0 Å². The lowest BCUT2D eigenvalue weighted by Crippen LogP contribution is -2.55. The Balaban J connectivity index is 0.000000471. The van der Waals surface area contributed by atoms with Crippen molar-refractivity contribution in [1.82, 2.24) is 9.55 Å². The van der Waals surface area contributed by atoms with Crippen molar-refractivity contribution < 1.29 is 82.3 Å². The second-order valence-electron chi connectivity index (χ2n) is 7.40. The number of hydrogen-bond acceptors (Lipinski definition) is 15. The van der Waals surface area contributed by atoms with Crippen LogP contribution < -0.4 is 11.2 Å². The Hall–Kier alpha value is -1.78. The first-order valence-electron chi connectivity index (χ1n) is 9.86. The molecule has 1 aliphatic heterocycles. The second-order valence-corrected chi connectivity index (χ2v) is 10.2. The average molecular weight is 602 g/mol. The van der Waals surface area contributed by atoms with Crippen LogP contribution in [0.15, 0.2) is 21.9 Å². The lowest BCUT2D eigenvalue weighted by Gasteiger charge is -2.29. The fraction of sp³-hybridized carbons (Fsp3) is 0.667. The van der Waals surface area contributed by atoms with E-state index in [4.69, 9.17) is 44.9 Å². The Labute approximate surface area is 209 Å². The second kappa shape index (κ2) is 13.5. The zero-order valence-corrected chi connectivity index (χ0v) is 20.4. The van der Waals surface area contributed by atoms with Crippen LogP contribution in [0.5, 0.6) is 0 Å². The first-order chi connectivity index (χ1) is 17.3. The smallest absolute Gasteiger partial charge is 0.393 e. The number of carbonyl (C=O) groups excluding carboxylic acids is 1. The van der Waals surface area contributed by atoms with Gasteiger partial charge in [0.1, 0.15) is 36.6 Å². The van der Waals surface area contributed by atoms with E-state index in [0.29, 0.717) is 0 Å². The number of carbonyl (C=O) groups is 1. The maximum atomic E-state index is 12.9. The lowest BCUT2D eigenvalue weighted by atomic mass is 10.0. The number of aromatic nitrogens is 2. The first kappa shape index (κ1) is 34.2. The summed E-state index contributed by atoms with van der Waals surface area (Å²) in [6.45, 7) is -2.06. The maximum Gasteiger partial charge on any atom is 0.481 e. The molecule has 2 rings (SSSR count). The minimum Gasteiger partial charge on any atom is -0.393 e. The minimum absolute atomic E-state index is 0.209. The van der Waals surface area contributed by atoms with Gasteiger partial charge in [-0.2, -0.15) is 4.31 Å². The fourth-order valence-electron chi connectivity index (χ4n) is 2.69. The van der Waals surface area contributed by atoms with Crippen LogP contribution in [-0.4, -0.2) is 122 Å². The predicted octanol–water partition coefficient (Wildman–Crippen LogP) is -5.70. The van der Waals surface area contributed by atoms with E-state index in [9.17, 15) is 38.1 Å². The standard InChI is InChI=1S/C9H14N2O12P2.C6H11FO6/c12-5-1-2-11(9(15)10-5)8-7(14)6(13)4(22-8)3-21-25(19,20)23-24(16,17)18;7-6(13,4(11)2-9)5(12)3(10)1-8/h1-2,4,6-8,13-14H,3H2,(H,19,20)(H,10,12,15)(H2,16,17,18);1,3-5,9-13H,2H2/t4-,6-,7-,8-;3-,4+,5+,6-/m10/s1. The number of aldehydes is 1. The number of phosphoric ester groups is 1. The molecule has 38 heavy (non-hydrogen) atoms. The van der Waals surface area contributed by atoms with E-state index >= 15 is 0 Å². The van der Waals surface area contributed by atoms with Crippen LogP contribution >= 0.6 is 15.6 Å². The zero-order chi connectivity index (χ0) is 29.6. The zero-order valence-electron chi connectivity index (χ0n) is 18.6. The van der Waals surface area contributed by atoms with Crippen molar-refractivity contribution in [2.75, 3.05) is 13.2 Å². The summed E-state index contributed by atoms with van der Waals surface area (Å²) in [7, 11) is -10.5. The number of phosphoric acid groups is 2. The number of nitrogens with zero attached hydrogens (tertiary/aromatic N) is 1. The van der Waals surface area contributed by atoms with Crippen LogP contribution in [0.1, 0.15) is 6.23 Å². The van der Waals surface area contributed by atoms with Gasteiger partial charge in [0.05, 0.1) is 13.2 Å². The Morgan fingerprint density at radius 1 is 1.18 bits per heavy atom. The molecular weight excluding hydrogens is 577 g/mol. The molecule has 220 valence electrons. The van der Waals surface area contributed by atoms with Gasteiger partial charge in [0.15, 0.2) is 12.5 Å². The number of aliphatic hydroxyl groups is 7. The molecule has 0 aromatic carbocycles. The van der Waals surface area contributed by atoms with E-state index in [1.54, 1.807) is 0 Å². The molecule has 1 saturated heterocycles. The molecule has 1 unspecified atom stereocenters. The molecule has 1 aliphatic rings. The summed E-state index contributed by atoms with van der Waals surface area (Å²) in [6, 6.07) is 0.962. The van der Waals surface area contributed by atoms with Crippen molar-refractivity contribution in [2.24, 2.45) is 0 Å². The summed E-state index contributed by atoms with van der Waals surface area (Å²) in [4.78, 5) is 60.6. The molecule has 2 heterocycles. The molecule has 0 radical (unpaired) electrons. The largest absolute Gasteiger partial charge is 0.481 e. The van der Waals surface area contributed by atoms with E-state index in [-0.39, 0.29) is 6.29 Å². The first-order valence-corrected chi connectivity index (χ1v) is 12.9. The van der Waals surface area contributed by atoms with E-state index in [1.165, 1.54) is 0 Å². The monoisotopic (exact) mass is 602 g/mol. The molecule has 23 heteroatoms. The molecule has 9 atom stereocenters. The maximum absolute atomic E-state index is 12.9. The van der Waals surface area contributed by atoms with Crippen molar-refractivity contribution in [3.05, 3.63) is 33.1 Å². The number of nitrogens with one attached hydrogen (secondary N) is 1. The van der Waals surface area contributed by atoms with Gasteiger partial charge in [-0.25, -0.2) is 18.3 Å². The van der Waals surface area contributed by atoms with Gasteiger partial charge in [0.25, 0.3) is 11.4 Å². The van der Waals surface area contributed by atoms with Crippen LogP contribution in [-0.2, 0) is 27.5 Å². The van der Waals surface area contributed by atoms with Crippen molar-refractivity contribution in [1.29, 1.82) is 0 Å². The summed E-state index contributed by atoms with van der Waals surface area (Å²) in [5.74, 6) is -3.63. The van der Waals surface area contributed by atoms with E-state index in [2.05, 4.69) is 8.83 Å². The number of hydrogen-bond donors (Lipinski definition) is 11. The van der Waals surface area contributed by atoms with Crippen LogP contribution in [0, 0.1) is 0 Å². The Morgan fingerprint density at radius 3 is 2.24 bits per heavy atom. The average Bonchev–Trinajstić information content (AvgIpc) is 3.08. The summed E-state index contributed by atoms with van der Waals surface area (Å²) in [5.41, 5.74) is -1.65. The molecule has 1 fully saturated rings. The topological polar surface area (TPSA) is 336 Å². The number of H-pyrrole nitrogens is 1. The van der Waals surface area contributed by atoms with E-state index in [1.807, 2.05) is 4.98 Å². The molecule has 0 aliphatic carbocycles. The third kappa shape index (κ3) is 9.45. The van der Waals surface area contributed by atoms with Gasteiger partial charge in [-0.15, -0.1) is 0 Å². The number of aliphatic hydroxyl groups excluding tert-OH is 6. The summed E-state index contributed by atoms with van der Waals surface area (Å²) in [6.07, 6.45) is -12.4. The Bertz CT molecular complexity index is 1140. The van der Waals surface area contributed by atoms with E-state index in [0.717, 1.165) is 16.8 Å². The number of halogens is 1. The van der Waals surface area contributed by atoms with Gasteiger partial charge < -0.3 is 60.0 Å². The Kier molecular flexibility index (Phi) is 12.2. The normalized spacial score (nSPS) is 27.2. The highest BCUT2D eigenvalue weighted by atomic mass is 31.3. The van der Waals surface area contributed by atoms with Gasteiger partial charge in [0.2, 0.25) is 0 Å². The van der Waals surface area contributed by atoms with Crippen molar-refractivity contribution in [3.63, 3.8) is 0 Å². The molecule has 0 spiro atoms. The molecular formula is C15H25FN2O18P2. The van der Waals surface area contributed by atoms with Gasteiger partial charge in [0, 0.05) is 12.3 Å². The van der Waals surface area contributed by atoms with Gasteiger partial charge in [-0.1, -0.05) is 0 Å². The fourth-order valence-corrected chi connectivity index (χ4v) is 4.29. The lowest BCUT2D eigenvalue weighted by molar-refractivity contribution is -0.249. The third-order valence-electron chi connectivity index (χ3n) is 4.59. The number of ether oxygens (including phenoxy) is 1. The summed E-state index contributed by atoms with van der Waals surface area (Å²) in [5, 5.41) is 62.7. The molecule has 0 bridgehead atoms. The highest BCUT2D eigenvalue weighted by Crippen LogP contribution is 2.57. The number of alkyl halides is 1. The molecule has 1 aromatic rings. The Morgan fingerprint density at radius 2 is 1.76 bits per heavy atom. The van der Waals surface area contributed by atoms with Gasteiger partial charge in [-0.3, -0.25) is 18.9 Å². The van der Waals surface area contributed by atoms with Crippen LogP contribution in [0.25, 0.3) is 0 Å². The quantitative estimate of drug-likeness (QED) is 0.0830. The SMILES string of the molecule is O=C[C@H](O)[C@@H](O)[C@](O)(F)[C@H](O)CO.O=c1ccn([C@@H]2O[C@H](COP(=O)(O)OP(=O)(O)O)[C@@H](O)[C@H]2O)c(=O)[nH]1. The van der Waals surface area contributed by atoms with Crippen LogP contribution in [0.3, 0.4) is 0 Å². The van der Waals surface area contributed by atoms with Gasteiger partial charge in [-0.05, 0) is 0 Å². The van der Waals surface area contributed by atoms with Gasteiger partial charge >= 0.3 is 21.3 Å². The molecule has 0 saturated carbocycles. The minimum atomic E-state index is -5.32. The number of rotatable bonds is 11. The molecule has 11 N–H and O–H groups in total. The highest BCUT2D eigenvalue weighted by molar-refractivity contribution is 7.60. The van der Waals surface area contributed by atoms with Crippen molar-refractivity contribution >= 4 is 21.9 Å². The van der Waals surface area contributed by atoms with Crippen LogP contribution in [0.4, 0.5) is 4.39 Å². The van der Waals surface area contributed by atoms with Crippen molar-refractivity contribution in [3.8, 4) is 0 Å². The number of aromatic amines is 1.